The number of benzene rings is 1. The lowest BCUT2D eigenvalue weighted by Gasteiger charge is -2.30. The Morgan fingerprint density at radius 3 is 2.35 bits per heavy atom. The van der Waals surface area contributed by atoms with Crippen LogP contribution in [0.1, 0.15) is 44.0 Å². The van der Waals surface area contributed by atoms with Gasteiger partial charge in [0.1, 0.15) is 0 Å². The third-order valence-corrected chi connectivity index (χ3v) is 10.1. The number of ether oxygens (including phenoxy) is 1. The molecule has 0 aliphatic carbocycles. The first-order valence-electron chi connectivity index (χ1n) is 14.6. The maximum Gasteiger partial charge on any atom is 0.269 e. The molecular formula is C32H35FN6O3S. The summed E-state index contributed by atoms with van der Waals surface area (Å²) in [7, 11) is -2.47. The number of halogens is 1. The van der Waals surface area contributed by atoms with Crippen molar-refractivity contribution in [2.24, 2.45) is 0 Å². The smallest absolute Gasteiger partial charge is 0.269 e. The van der Waals surface area contributed by atoms with Crippen molar-refractivity contribution in [1.29, 1.82) is 0 Å². The summed E-state index contributed by atoms with van der Waals surface area (Å²) in [5.41, 5.74) is 4.03. The maximum atomic E-state index is 15.4. The predicted octanol–water partition coefficient (Wildman–Crippen LogP) is 5.87. The van der Waals surface area contributed by atoms with Gasteiger partial charge in [-0.1, -0.05) is 31.5 Å². The first-order valence-corrected chi connectivity index (χ1v) is 16.0. The molecule has 1 fully saturated rings. The molecule has 0 unspecified atom stereocenters. The summed E-state index contributed by atoms with van der Waals surface area (Å²) in [6.45, 7) is 8.87. The zero-order chi connectivity index (χ0) is 30.3. The Kier molecular flexibility index (Phi) is 7.78. The molecule has 1 aliphatic heterocycles. The van der Waals surface area contributed by atoms with Gasteiger partial charge in [-0.25, -0.2) is 22.4 Å². The van der Waals surface area contributed by atoms with Gasteiger partial charge in [0.15, 0.2) is 5.65 Å². The molecule has 224 valence electrons. The molecule has 0 saturated carbocycles. The fraction of sp³-hybridized carbons (Fsp3) is 0.344. The van der Waals surface area contributed by atoms with E-state index in [1.165, 1.54) is 17.3 Å². The molecule has 0 amide bonds. The van der Waals surface area contributed by atoms with E-state index in [4.69, 9.17) is 4.74 Å². The van der Waals surface area contributed by atoms with E-state index in [9.17, 15) is 8.42 Å². The minimum absolute atomic E-state index is 0.121. The van der Waals surface area contributed by atoms with Gasteiger partial charge < -0.3 is 9.64 Å². The van der Waals surface area contributed by atoms with Crippen LogP contribution in [0.15, 0.2) is 66.0 Å². The van der Waals surface area contributed by atoms with Crippen molar-refractivity contribution in [2.75, 3.05) is 26.7 Å². The molecule has 5 aromatic rings. The SMILES string of the molecule is CCc1c(-c2ccc(OC)nc2)c2cc(-c3cn(C4CCN(CC)CC4)nc3F)cnc2n1S(=O)(=O)c1ccc(C)cc1. The third-order valence-electron chi connectivity index (χ3n) is 8.37. The van der Waals surface area contributed by atoms with Gasteiger partial charge in [0.25, 0.3) is 10.0 Å². The van der Waals surface area contributed by atoms with Gasteiger partial charge in [-0.05, 0) is 57.0 Å². The normalized spacial score (nSPS) is 14.9. The standard InChI is InChI=1S/C32H35FN6O3S/c1-5-28-30(22-9-12-29(42-4)34-18-22)26-17-23(27-20-38(36-31(27)33)24-13-15-37(6-2)16-14-24)19-35-32(26)39(28)43(40,41)25-10-7-21(3)8-11-25/h7-12,17-20,24H,5-6,13-16H2,1-4H3. The molecule has 0 spiro atoms. The molecule has 9 nitrogen and oxygen atoms in total. The van der Waals surface area contributed by atoms with E-state index in [2.05, 4.69) is 26.9 Å². The number of piperidine rings is 1. The molecule has 1 aliphatic rings. The monoisotopic (exact) mass is 602 g/mol. The average Bonchev–Trinajstić information content (AvgIpc) is 3.59. The Hall–Kier alpha value is -4.09. The van der Waals surface area contributed by atoms with Gasteiger partial charge in [0, 0.05) is 65.5 Å². The van der Waals surface area contributed by atoms with E-state index in [1.54, 1.807) is 47.4 Å². The van der Waals surface area contributed by atoms with E-state index in [1.807, 2.05) is 26.0 Å². The Bertz CT molecular complexity index is 1870. The zero-order valence-electron chi connectivity index (χ0n) is 24.8. The molecule has 0 radical (unpaired) electrons. The van der Waals surface area contributed by atoms with Crippen LogP contribution < -0.4 is 4.74 Å². The van der Waals surface area contributed by atoms with Crippen LogP contribution in [0.2, 0.25) is 0 Å². The topological polar surface area (TPSA) is 95.1 Å². The second-order valence-corrected chi connectivity index (χ2v) is 12.7. The van der Waals surface area contributed by atoms with Crippen LogP contribution >= 0.6 is 0 Å². The lowest BCUT2D eigenvalue weighted by molar-refractivity contribution is 0.186. The fourth-order valence-electron chi connectivity index (χ4n) is 5.95. The largest absolute Gasteiger partial charge is 0.481 e. The van der Waals surface area contributed by atoms with Crippen molar-refractivity contribution in [3.63, 3.8) is 0 Å². The summed E-state index contributed by atoms with van der Waals surface area (Å²) in [5, 5.41) is 4.83. The van der Waals surface area contributed by atoms with Gasteiger partial charge in [-0.2, -0.15) is 4.39 Å². The Morgan fingerprint density at radius 1 is 1.00 bits per heavy atom. The van der Waals surface area contributed by atoms with Gasteiger partial charge in [0.05, 0.1) is 23.6 Å². The number of fused-ring (bicyclic) bond motifs is 1. The third kappa shape index (κ3) is 5.21. The molecule has 5 heterocycles. The second-order valence-electron chi connectivity index (χ2n) is 10.9. The number of nitrogens with zero attached hydrogens (tertiary/aromatic N) is 6. The number of hydrogen-bond acceptors (Lipinski definition) is 7. The molecule has 0 bridgehead atoms. The Morgan fingerprint density at radius 2 is 1.72 bits per heavy atom. The summed E-state index contributed by atoms with van der Waals surface area (Å²) in [5.74, 6) is -0.134. The molecule has 43 heavy (non-hydrogen) atoms. The quantitative estimate of drug-likeness (QED) is 0.219. The number of pyridine rings is 2. The highest BCUT2D eigenvalue weighted by atomic mass is 32.2. The van der Waals surface area contributed by atoms with Crippen LogP contribution in [0.25, 0.3) is 33.3 Å². The minimum Gasteiger partial charge on any atom is -0.481 e. The van der Waals surface area contributed by atoms with E-state index in [0.717, 1.165) is 38.0 Å². The predicted molar refractivity (Wildman–Crippen MR) is 164 cm³/mol. The maximum absolute atomic E-state index is 15.4. The van der Waals surface area contributed by atoms with Crippen molar-refractivity contribution in [2.45, 2.75) is 51.0 Å². The number of likely N-dealkylation sites (tertiary alicyclic amines) is 1. The fourth-order valence-corrected chi connectivity index (χ4v) is 7.53. The molecule has 11 heteroatoms. The van der Waals surface area contributed by atoms with Crippen LogP contribution in [0.3, 0.4) is 0 Å². The number of methoxy groups -OCH3 is 1. The van der Waals surface area contributed by atoms with E-state index in [-0.39, 0.29) is 16.6 Å². The van der Waals surface area contributed by atoms with E-state index in [0.29, 0.717) is 45.6 Å². The summed E-state index contributed by atoms with van der Waals surface area (Å²) >= 11 is 0. The summed E-state index contributed by atoms with van der Waals surface area (Å²) in [6.07, 6.45) is 7.15. The summed E-state index contributed by atoms with van der Waals surface area (Å²) < 4.78 is 52.0. The highest BCUT2D eigenvalue weighted by Gasteiger charge is 2.29. The second kappa shape index (κ2) is 11.5. The number of hydrogen-bond donors (Lipinski definition) is 0. The summed E-state index contributed by atoms with van der Waals surface area (Å²) in [6, 6.07) is 12.3. The molecule has 4 aromatic heterocycles. The molecular weight excluding hydrogens is 567 g/mol. The van der Waals surface area contributed by atoms with Crippen molar-refractivity contribution >= 4 is 21.1 Å². The van der Waals surface area contributed by atoms with Crippen LogP contribution in [-0.4, -0.2) is 63.8 Å². The first-order chi connectivity index (χ1) is 20.7. The first kappa shape index (κ1) is 29.0. The van der Waals surface area contributed by atoms with Crippen LogP contribution in [0, 0.1) is 12.9 Å². The Labute approximate surface area is 251 Å². The highest BCUT2D eigenvalue weighted by Crippen LogP contribution is 2.39. The highest BCUT2D eigenvalue weighted by molar-refractivity contribution is 7.90. The van der Waals surface area contributed by atoms with Crippen molar-refractivity contribution in [3.05, 3.63) is 78.3 Å². The molecule has 6 rings (SSSR count). The number of aryl methyl sites for hydroxylation is 1. The average molecular weight is 603 g/mol. The lowest BCUT2D eigenvalue weighted by Crippen LogP contribution is -2.34. The van der Waals surface area contributed by atoms with Gasteiger partial charge in [-0.3, -0.25) is 4.68 Å². The lowest BCUT2D eigenvalue weighted by atomic mass is 10.0. The van der Waals surface area contributed by atoms with Crippen LogP contribution in [0.5, 0.6) is 5.88 Å². The Balaban J connectivity index is 1.53. The minimum atomic E-state index is -4.01. The number of aromatic nitrogens is 5. The summed E-state index contributed by atoms with van der Waals surface area (Å²) in [4.78, 5) is 11.6. The molecule has 1 aromatic carbocycles. The van der Waals surface area contributed by atoms with Crippen LogP contribution in [0.4, 0.5) is 4.39 Å². The van der Waals surface area contributed by atoms with E-state index >= 15 is 4.39 Å². The van der Waals surface area contributed by atoms with Crippen LogP contribution in [-0.2, 0) is 16.4 Å². The van der Waals surface area contributed by atoms with Gasteiger partial charge in [-0.15, -0.1) is 5.10 Å². The van der Waals surface area contributed by atoms with Crippen molar-refractivity contribution in [3.8, 4) is 28.1 Å². The van der Waals surface area contributed by atoms with Crippen molar-refractivity contribution in [1.82, 2.24) is 28.6 Å². The molecule has 1 saturated heterocycles. The zero-order valence-corrected chi connectivity index (χ0v) is 25.6. The van der Waals surface area contributed by atoms with E-state index < -0.39 is 16.0 Å². The number of rotatable bonds is 8. The van der Waals surface area contributed by atoms with Gasteiger partial charge >= 0.3 is 0 Å². The van der Waals surface area contributed by atoms with Gasteiger partial charge in [0.2, 0.25) is 11.8 Å². The van der Waals surface area contributed by atoms with Crippen molar-refractivity contribution < 1.29 is 17.5 Å². The molecule has 0 atom stereocenters. The molecule has 0 N–H and O–H groups in total.